The molecule has 1 aromatic heterocycles. The summed E-state index contributed by atoms with van der Waals surface area (Å²) in [6.45, 7) is 6.42. The fourth-order valence-electron chi connectivity index (χ4n) is 1.38. The van der Waals surface area contributed by atoms with Gasteiger partial charge in [-0.2, -0.15) is 0 Å². The van der Waals surface area contributed by atoms with Crippen LogP contribution in [0.2, 0.25) is 0 Å². The van der Waals surface area contributed by atoms with Crippen molar-refractivity contribution in [3.63, 3.8) is 0 Å². The summed E-state index contributed by atoms with van der Waals surface area (Å²) in [5, 5.41) is 14.3. The molecule has 1 rings (SSSR count). The SMILES string of the molecule is Cc1ccsc1[C@H](C)N[C@H](C)CO. The Hall–Kier alpha value is -0.380. The lowest BCUT2D eigenvalue weighted by Gasteiger charge is -2.17. The van der Waals surface area contributed by atoms with Gasteiger partial charge in [0.15, 0.2) is 0 Å². The highest BCUT2D eigenvalue weighted by atomic mass is 32.1. The second-order valence-electron chi connectivity index (χ2n) is 3.44. The van der Waals surface area contributed by atoms with E-state index >= 15 is 0 Å². The molecule has 13 heavy (non-hydrogen) atoms. The standard InChI is InChI=1S/C10H17NOS/c1-7-4-5-13-10(7)9(3)11-8(2)6-12/h4-5,8-9,11-12H,6H2,1-3H3/t8-,9+/m1/s1. The highest BCUT2D eigenvalue weighted by Crippen LogP contribution is 2.23. The Bertz CT molecular complexity index is 259. The lowest BCUT2D eigenvalue weighted by Crippen LogP contribution is -2.31. The summed E-state index contributed by atoms with van der Waals surface area (Å²) in [6.07, 6.45) is 0. The molecule has 0 saturated heterocycles. The average Bonchev–Trinajstić information content (AvgIpc) is 2.51. The van der Waals surface area contributed by atoms with Crippen LogP contribution in [0, 0.1) is 6.92 Å². The second-order valence-corrected chi connectivity index (χ2v) is 4.39. The number of rotatable bonds is 4. The van der Waals surface area contributed by atoms with Gasteiger partial charge in [0.25, 0.3) is 0 Å². The van der Waals surface area contributed by atoms with Gasteiger partial charge in [0, 0.05) is 17.0 Å². The van der Waals surface area contributed by atoms with Crippen molar-refractivity contribution >= 4 is 11.3 Å². The molecular weight excluding hydrogens is 182 g/mol. The summed E-state index contributed by atoms with van der Waals surface area (Å²) in [5.41, 5.74) is 1.33. The smallest absolute Gasteiger partial charge is 0.0582 e. The highest BCUT2D eigenvalue weighted by Gasteiger charge is 2.11. The van der Waals surface area contributed by atoms with Crippen LogP contribution in [0.4, 0.5) is 0 Å². The van der Waals surface area contributed by atoms with Gasteiger partial charge in [0.1, 0.15) is 0 Å². The zero-order chi connectivity index (χ0) is 9.84. The number of aryl methyl sites for hydroxylation is 1. The van der Waals surface area contributed by atoms with Crippen molar-refractivity contribution in [2.75, 3.05) is 6.61 Å². The molecule has 0 aliphatic rings. The fraction of sp³-hybridized carbons (Fsp3) is 0.600. The zero-order valence-corrected chi connectivity index (χ0v) is 9.19. The van der Waals surface area contributed by atoms with Crippen molar-refractivity contribution in [2.24, 2.45) is 0 Å². The van der Waals surface area contributed by atoms with E-state index in [0.29, 0.717) is 6.04 Å². The fourth-order valence-corrected chi connectivity index (χ4v) is 2.33. The van der Waals surface area contributed by atoms with Gasteiger partial charge in [0.2, 0.25) is 0 Å². The monoisotopic (exact) mass is 199 g/mol. The Kier molecular flexibility index (Phi) is 3.90. The van der Waals surface area contributed by atoms with Gasteiger partial charge in [-0.1, -0.05) is 0 Å². The lowest BCUT2D eigenvalue weighted by atomic mass is 10.2. The van der Waals surface area contributed by atoms with Crippen molar-refractivity contribution in [2.45, 2.75) is 32.9 Å². The maximum Gasteiger partial charge on any atom is 0.0582 e. The maximum absolute atomic E-state index is 8.89. The number of hydrogen-bond donors (Lipinski definition) is 2. The van der Waals surface area contributed by atoms with E-state index in [1.165, 1.54) is 10.4 Å². The normalized spacial score (nSPS) is 15.7. The van der Waals surface area contributed by atoms with Crippen LogP contribution in [-0.2, 0) is 0 Å². The van der Waals surface area contributed by atoms with E-state index in [9.17, 15) is 0 Å². The minimum atomic E-state index is 0.163. The molecule has 0 spiro atoms. The lowest BCUT2D eigenvalue weighted by molar-refractivity contribution is 0.243. The van der Waals surface area contributed by atoms with E-state index in [2.05, 4.69) is 30.6 Å². The predicted molar refractivity (Wildman–Crippen MR) is 57.2 cm³/mol. The van der Waals surface area contributed by atoms with Crippen molar-refractivity contribution in [3.05, 3.63) is 21.9 Å². The number of thiophene rings is 1. The third-order valence-electron chi connectivity index (χ3n) is 2.10. The molecule has 0 radical (unpaired) electrons. The van der Waals surface area contributed by atoms with Gasteiger partial charge in [-0.05, 0) is 37.8 Å². The Balaban J connectivity index is 2.58. The number of hydrogen-bond acceptors (Lipinski definition) is 3. The van der Waals surface area contributed by atoms with Gasteiger partial charge in [-0.25, -0.2) is 0 Å². The first-order valence-corrected chi connectivity index (χ1v) is 5.44. The first-order valence-electron chi connectivity index (χ1n) is 4.56. The van der Waals surface area contributed by atoms with Crippen LogP contribution in [0.5, 0.6) is 0 Å². The molecule has 2 N–H and O–H groups in total. The minimum absolute atomic E-state index is 0.163. The van der Waals surface area contributed by atoms with Crippen LogP contribution in [0.15, 0.2) is 11.4 Å². The van der Waals surface area contributed by atoms with E-state index in [1.54, 1.807) is 11.3 Å². The molecule has 0 aliphatic heterocycles. The van der Waals surface area contributed by atoms with Crippen LogP contribution in [0.3, 0.4) is 0 Å². The molecule has 0 fully saturated rings. The molecule has 0 aliphatic carbocycles. The van der Waals surface area contributed by atoms with Crippen LogP contribution in [0.25, 0.3) is 0 Å². The van der Waals surface area contributed by atoms with E-state index in [4.69, 9.17) is 5.11 Å². The Labute approximate surface area is 83.6 Å². The molecular formula is C10H17NOS. The quantitative estimate of drug-likeness (QED) is 0.778. The van der Waals surface area contributed by atoms with Crippen LogP contribution < -0.4 is 5.32 Å². The summed E-state index contributed by atoms with van der Waals surface area (Å²) >= 11 is 1.77. The van der Waals surface area contributed by atoms with Crippen molar-refractivity contribution in [1.82, 2.24) is 5.32 Å². The molecule has 0 unspecified atom stereocenters. The number of aliphatic hydroxyl groups is 1. The summed E-state index contributed by atoms with van der Waals surface area (Å²) in [4.78, 5) is 1.36. The second kappa shape index (κ2) is 4.74. The average molecular weight is 199 g/mol. The van der Waals surface area contributed by atoms with Crippen LogP contribution >= 0.6 is 11.3 Å². The molecule has 0 saturated carbocycles. The van der Waals surface area contributed by atoms with Gasteiger partial charge in [-0.15, -0.1) is 11.3 Å². The summed E-state index contributed by atoms with van der Waals surface area (Å²) in [6, 6.07) is 2.63. The van der Waals surface area contributed by atoms with E-state index in [-0.39, 0.29) is 12.6 Å². The van der Waals surface area contributed by atoms with E-state index < -0.39 is 0 Å². The molecule has 0 amide bonds. The predicted octanol–water partition coefficient (Wildman–Crippen LogP) is 2.09. The van der Waals surface area contributed by atoms with Gasteiger partial charge < -0.3 is 10.4 Å². The Morgan fingerprint density at radius 3 is 2.69 bits per heavy atom. The molecule has 1 aromatic rings. The first kappa shape index (κ1) is 10.7. The van der Waals surface area contributed by atoms with E-state index in [0.717, 1.165) is 0 Å². The number of aliphatic hydroxyl groups excluding tert-OH is 1. The molecule has 74 valence electrons. The molecule has 3 heteroatoms. The molecule has 1 heterocycles. The van der Waals surface area contributed by atoms with Crippen LogP contribution in [-0.4, -0.2) is 17.8 Å². The maximum atomic E-state index is 8.89. The van der Waals surface area contributed by atoms with Gasteiger partial charge in [0.05, 0.1) is 6.61 Å². The summed E-state index contributed by atoms with van der Waals surface area (Å²) in [5.74, 6) is 0. The van der Waals surface area contributed by atoms with E-state index in [1.807, 2.05) is 6.92 Å². The van der Waals surface area contributed by atoms with Crippen molar-refractivity contribution in [1.29, 1.82) is 0 Å². The molecule has 0 aromatic carbocycles. The third-order valence-corrected chi connectivity index (χ3v) is 3.30. The largest absolute Gasteiger partial charge is 0.395 e. The molecule has 2 nitrogen and oxygen atoms in total. The highest BCUT2D eigenvalue weighted by molar-refractivity contribution is 7.10. The van der Waals surface area contributed by atoms with Crippen molar-refractivity contribution in [3.8, 4) is 0 Å². The topological polar surface area (TPSA) is 32.3 Å². The van der Waals surface area contributed by atoms with Crippen molar-refractivity contribution < 1.29 is 5.11 Å². The summed E-state index contributed by atoms with van der Waals surface area (Å²) < 4.78 is 0. The Morgan fingerprint density at radius 2 is 2.23 bits per heavy atom. The van der Waals surface area contributed by atoms with Crippen LogP contribution in [0.1, 0.15) is 30.3 Å². The Morgan fingerprint density at radius 1 is 1.54 bits per heavy atom. The van der Waals surface area contributed by atoms with Gasteiger partial charge >= 0.3 is 0 Å². The third kappa shape index (κ3) is 2.79. The van der Waals surface area contributed by atoms with Gasteiger partial charge in [-0.3, -0.25) is 0 Å². The zero-order valence-electron chi connectivity index (χ0n) is 8.37. The number of nitrogens with one attached hydrogen (secondary N) is 1. The molecule has 2 atom stereocenters. The first-order chi connectivity index (χ1) is 6.15. The minimum Gasteiger partial charge on any atom is -0.395 e. The molecule has 0 bridgehead atoms. The summed E-state index contributed by atoms with van der Waals surface area (Å²) in [7, 11) is 0.